The zero-order chi connectivity index (χ0) is 16.8. The van der Waals surface area contributed by atoms with E-state index < -0.39 is 11.9 Å². The number of ether oxygens (including phenoxy) is 2. The second-order valence-electron chi connectivity index (χ2n) is 4.81. The Morgan fingerprint density at radius 3 is 2.87 bits per heavy atom. The van der Waals surface area contributed by atoms with Crippen molar-refractivity contribution in [1.29, 1.82) is 0 Å². The Labute approximate surface area is 138 Å². The van der Waals surface area contributed by atoms with Gasteiger partial charge >= 0.3 is 5.97 Å². The molecular weight excluding hydrogens is 320 g/mol. The van der Waals surface area contributed by atoms with Crippen molar-refractivity contribution in [2.24, 2.45) is 0 Å². The van der Waals surface area contributed by atoms with Crippen molar-refractivity contribution in [1.82, 2.24) is 10.2 Å². The molecule has 8 heteroatoms. The minimum atomic E-state index is -0.537. The summed E-state index contributed by atoms with van der Waals surface area (Å²) in [5, 5.41) is 2.19. The molecule has 0 radical (unpaired) electrons. The Bertz CT molecular complexity index is 607. The third-order valence-corrected chi connectivity index (χ3v) is 4.57. The highest BCUT2D eigenvalue weighted by Gasteiger charge is 2.34. The molecule has 1 aliphatic heterocycles. The maximum atomic E-state index is 12.0. The van der Waals surface area contributed by atoms with E-state index in [9.17, 15) is 14.4 Å². The SMILES string of the molecule is COC(=O)CNC(=O)CN1C(=O)CSC1c1cccc(OC)c1. The number of nitrogens with one attached hydrogen (secondary N) is 1. The average molecular weight is 338 g/mol. The standard InChI is InChI=1S/C15H18N2O5S/c1-21-11-5-3-4-10(6-11)15-17(13(19)9-23-15)8-12(18)16-7-14(20)22-2/h3-6,15H,7-9H2,1-2H3,(H,16,18). The lowest BCUT2D eigenvalue weighted by Gasteiger charge is -2.23. The molecule has 0 aromatic heterocycles. The molecule has 2 amide bonds. The number of nitrogens with zero attached hydrogens (tertiary/aromatic N) is 1. The quantitative estimate of drug-likeness (QED) is 0.763. The number of esters is 1. The van der Waals surface area contributed by atoms with Gasteiger partial charge in [-0.05, 0) is 17.7 Å². The van der Waals surface area contributed by atoms with Crippen LogP contribution in [0.4, 0.5) is 0 Å². The van der Waals surface area contributed by atoms with Crippen molar-refractivity contribution >= 4 is 29.5 Å². The first-order chi connectivity index (χ1) is 11.0. The van der Waals surface area contributed by atoms with Crippen LogP contribution < -0.4 is 10.1 Å². The van der Waals surface area contributed by atoms with E-state index in [-0.39, 0.29) is 24.4 Å². The molecule has 1 unspecified atom stereocenters. The van der Waals surface area contributed by atoms with Crippen molar-refractivity contribution in [3.63, 3.8) is 0 Å². The van der Waals surface area contributed by atoms with Crippen LogP contribution in [0.25, 0.3) is 0 Å². The number of carbonyl (C=O) groups is 3. The van der Waals surface area contributed by atoms with Gasteiger partial charge in [0, 0.05) is 0 Å². The fourth-order valence-corrected chi connectivity index (χ4v) is 3.33. The van der Waals surface area contributed by atoms with Gasteiger partial charge in [0.25, 0.3) is 0 Å². The zero-order valence-electron chi connectivity index (χ0n) is 12.9. The number of benzene rings is 1. The molecule has 7 nitrogen and oxygen atoms in total. The number of hydrogen-bond donors (Lipinski definition) is 1. The lowest BCUT2D eigenvalue weighted by Crippen LogP contribution is -2.41. The second kappa shape index (κ2) is 7.87. The Balaban J connectivity index is 2.04. The van der Waals surface area contributed by atoms with Crippen molar-refractivity contribution in [3.8, 4) is 5.75 Å². The molecule has 1 aromatic rings. The molecule has 124 valence electrons. The van der Waals surface area contributed by atoms with Gasteiger partial charge in [0.1, 0.15) is 24.2 Å². The van der Waals surface area contributed by atoms with Gasteiger partial charge in [0.15, 0.2) is 0 Å². The van der Waals surface area contributed by atoms with E-state index >= 15 is 0 Å². The van der Waals surface area contributed by atoms with Crippen LogP contribution in [0.5, 0.6) is 5.75 Å². The summed E-state index contributed by atoms with van der Waals surface area (Å²) in [4.78, 5) is 36.5. The highest BCUT2D eigenvalue weighted by atomic mass is 32.2. The van der Waals surface area contributed by atoms with Crippen LogP contribution in [0, 0.1) is 0 Å². The molecule has 1 aromatic carbocycles. The first-order valence-corrected chi connectivity index (χ1v) is 7.98. The maximum Gasteiger partial charge on any atom is 0.325 e. The highest BCUT2D eigenvalue weighted by Crippen LogP contribution is 2.39. The maximum absolute atomic E-state index is 12.0. The molecule has 0 saturated carbocycles. The zero-order valence-corrected chi connectivity index (χ0v) is 13.7. The molecule has 0 aliphatic carbocycles. The number of hydrogen-bond acceptors (Lipinski definition) is 6. The van der Waals surface area contributed by atoms with Crippen LogP contribution in [0.3, 0.4) is 0 Å². The van der Waals surface area contributed by atoms with Crippen LogP contribution in [-0.2, 0) is 19.1 Å². The first kappa shape index (κ1) is 17.1. The molecule has 1 heterocycles. The highest BCUT2D eigenvalue weighted by molar-refractivity contribution is 8.00. The van der Waals surface area contributed by atoms with E-state index in [2.05, 4.69) is 10.1 Å². The lowest BCUT2D eigenvalue weighted by molar-refractivity contribution is -0.141. The summed E-state index contributed by atoms with van der Waals surface area (Å²) in [6.07, 6.45) is 0. The largest absolute Gasteiger partial charge is 0.497 e. The van der Waals surface area contributed by atoms with Crippen LogP contribution in [-0.4, -0.2) is 55.7 Å². The fourth-order valence-electron chi connectivity index (χ4n) is 2.15. The summed E-state index contributed by atoms with van der Waals surface area (Å²) in [6, 6.07) is 7.39. The van der Waals surface area contributed by atoms with E-state index in [1.807, 2.05) is 24.3 Å². The molecule has 1 saturated heterocycles. The summed E-state index contributed by atoms with van der Waals surface area (Å²) in [6.45, 7) is -0.320. The van der Waals surface area contributed by atoms with E-state index in [1.165, 1.54) is 23.8 Å². The number of amides is 2. The van der Waals surface area contributed by atoms with Gasteiger partial charge in [-0.3, -0.25) is 14.4 Å². The summed E-state index contributed by atoms with van der Waals surface area (Å²) >= 11 is 1.45. The Hall–Kier alpha value is -2.22. The lowest BCUT2D eigenvalue weighted by atomic mass is 10.2. The fraction of sp³-hybridized carbons (Fsp3) is 0.400. The molecule has 23 heavy (non-hydrogen) atoms. The summed E-state index contributed by atoms with van der Waals surface area (Å²) < 4.78 is 9.65. The van der Waals surface area contributed by atoms with Crippen LogP contribution >= 0.6 is 11.8 Å². The number of methoxy groups -OCH3 is 2. The van der Waals surface area contributed by atoms with E-state index in [0.717, 1.165) is 5.56 Å². The topological polar surface area (TPSA) is 84.9 Å². The predicted molar refractivity (Wildman–Crippen MR) is 84.9 cm³/mol. The molecule has 1 fully saturated rings. The van der Waals surface area contributed by atoms with Crippen molar-refractivity contribution in [2.75, 3.05) is 33.1 Å². The predicted octanol–water partition coefficient (Wildman–Crippen LogP) is 0.558. The van der Waals surface area contributed by atoms with Gasteiger partial charge in [0.2, 0.25) is 11.8 Å². The van der Waals surface area contributed by atoms with Gasteiger partial charge in [-0.15, -0.1) is 11.8 Å². The molecule has 1 atom stereocenters. The molecule has 0 bridgehead atoms. The average Bonchev–Trinajstić information content (AvgIpc) is 2.93. The molecular formula is C15H18N2O5S. The normalized spacial score (nSPS) is 17.0. The minimum Gasteiger partial charge on any atom is -0.497 e. The van der Waals surface area contributed by atoms with Gasteiger partial charge in [-0.25, -0.2) is 0 Å². The first-order valence-electron chi connectivity index (χ1n) is 6.93. The number of rotatable bonds is 6. The molecule has 2 rings (SSSR count). The molecule has 0 spiro atoms. The van der Waals surface area contributed by atoms with Crippen LogP contribution in [0.1, 0.15) is 10.9 Å². The van der Waals surface area contributed by atoms with E-state index in [4.69, 9.17) is 4.74 Å². The van der Waals surface area contributed by atoms with Crippen molar-refractivity contribution in [3.05, 3.63) is 29.8 Å². The van der Waals surface area contributed by atoms with E-state index in [0.29, 0.717) is 11.5 Å². The Morgan fingerprint density at radius 1 is 1.39 bits per heavy atom. The van der Waals surface area contributed by atoms with E-state index in [1.54, 1.807) is 7.11 Å². The number of carbonyl (C=O) groups excluding carboxylic acids is 3. The minimum absolute atomic E-state index is 0.106. The third kappa shape index (κ3) is 4.38. The Kier molecular flexibility index (Phi) is 5.86. The third-order valence-electron chi connectivity index (χ3n) is 3.32. The van der Waals surface area contributed by atoms with Crippen molar-refractivity contribution < 1.29 is 23.9 Å². The number of thioether (sulfide) groups is 1. The summed E-state index contributed by atoms with van der Waals surface area (Å²) in [5.74, 6) is -0.0517. The summed E-state index contributed by atoms with van der Waals surface area (Å²) in [5.41, 5.74) is 0.890. The van der Waals surface area contributed by atoms with Gasteiger partial charge in [-0.2, -0.15) is 0 Å². The molecule has 1 aliphatic rings. The van der Waals surface area contributed by atoms with Crippen LogP contribution in [0.15, 0.2) is 24.3 Å². The second-order valence-corrected chi connectivity index (χ2v) is 5.88. The van der Waals surface area contributed by atoms with Gasteiger partial charge in [-0.1, -0.05) is 12.1 Å². The van der Waals surface area contributed by atoms with Crippen molar-refractivity contribution in [2.45, 2.75) is 5.37 Å². The van der Waals surface area contributed by atoms with Crippen LogP contribution in [0.2, 0.25) is 0 Å². The van der Waals surface area contributed by atoms with Gasteiger partial charge < -0.3 is 19.7 Å². The molecule has 1 N–H and O–H groups in total. The summed E-state index contributed by atoms with van der Waals surface area (Å²) in [7, 11) is 2.82. The smallest absolute Gasteiger partial charge is 0.325 e. The Morgan fingerprint density at radius 2 is 2.17 bits per heavy atom. The van der Waals surface area contributed by atoms with Gasteiger partial charge in [0.05, 0.1) is 20.0 Å². The monoisotopic (exact) mass is 338 g/mol.